The van der Waals surface area contributed by atoms with Gasteiger partial charge in [0.25, 0.3) is 0 Å². The normalized spacial score (nSPS) is 10.9. The predicted molar refractivity (Wildman–Crippen MR) is 115 cm³/mol. The summed E-state index contributed by atoms with van der Waals surface area (Å²) < 4.78 is 1.71. The molecule has 0 aliphatic rings. The molecule has 0 atom stereocenters. The molecule has 5 aromatic rings. The zero-order valence-electron chi connectivity index (χ0n) is 15.2. The molecule has 5 rings (SSSR count). The molecule has 0 aliphatic carbocycles. The largest absolute Gasteiger partial charge is 0.338 e. The van der Waals surface area contributed by atoms with Gasteiger partial charge in [-0.25, -0.2) is 9.67 Å². The van der Waals surface area contributed by atoms with Gasteiger partial charge < -0.3 is 5.32 Å². The lowest BCUT2D eigenvalue weighted by Gasteiger charge is -2.11. The van der Waals surface area contributed by atoms with E-state index >= 15 is 0 Å². The third-order valence-corrected chi connectivity index (χ3v) is 4.87. The van der Waals surface area contributed by atoms with Gasteiger partial charge in [-0.15, -0.1) is 10.2 Å². The molecule has 0 bridgehead atoms. The Kier molecular flexibility index (Phi) is 4.38. The van der Waals surface area contributed by atoms with Gasteiger partial charge in [-0.2, -0.15) is 5.10 Å². The van der Waals surface area contributed by atoms with Crippen molar-refractivity contribution in [3.63, 3.8) is 0 Å². The van der Waals surface area contributed by atoms with Crippen molar-refractivity contribution in [3.05, 3.63) is 90.5 Å². The number of benzene rings is 3. The molecule has 0 fully saturated rings. The molecule has 0 unspecified atom stereocenters. The Labute approximate surface area is 171 Å². The van der Waals surface area contributed by atoms with Crippen molar-refractivity contribution in [1.82, 2.24) is 25.0 Å². The topological polar surface area (TPSA) is 68.5 Å². The van der Waals surface area contributed by atoms with Crippen LogP contribution in [0.3, 0.4) is 0 Å². The van der Waals surface area contributed by atoms with E-state index in [1.54, 1.807) is 11.0 Å². The molecule has 0 radical (unpaired) electrons. The quantitative estimate of drug-likeness (QED) is 0.446. The molecular weight excluding hydrogens is 384 g/mol. The van der Waals surface area contributed by atoms with E-state index in [0.717, 1.165) is 33.4 Å². The second-order valence-corrected chi connectivity index (χ2v) is 6.90. The van der Waals surface area contributed by atoms with Gasteiger partial charge in [-0.1, -0.05) is 48.0 Å². The summed E-state index contributed by atoms with van der Waals surface area (Å²) in [6, 6.07) is 23.6. The third-order valence-electron chi connectivity index (χ3n) is 4.62. The number of halogens is 1. The van der Waals surface area contributed by atoms with Crippen LogP contribution < -0.4 is 5.32 Å². The van der Waals surface area contributed by atoms with Crippen LogP contribution in [0, 0.1) is 0 Å². The van der Waals surface area contributed by atoms with Gasteiger partial charge in [0.15, 0.2) is 5.82 Å². The summed E-state index contributed by atoms with van der Waals surface area (Å²) in [5, 5.41) is 19.2. The third kappa shape index (κ3) is 3.41. The summed E-state index contributed by atoms with van der Waals surface area (Å²) in [6.07, 6.45) is 3.18. The van der Waals surface area contributed by atoms with Crippen LogP contribution in [-0.2, 0) is 0 Å². The van der Waals surface area contributed by atoms with Crippen LogP contribution in [0.4, 0.5) is 11.5 Å². The Hall–Kier alpha value is -3.77. The van der Waals surface area contributed by atoms with Crippen LogP contribution in [0.2, 0.25) is 5.02 Å². The fourth-order valence-electron chi connectivity index (χ4n) is 3.19. The average Bonchev–Trinajstić information content (AvgIpc) is 3.31. The van der Waals surface area contributed by atoms with Gasteiger partial charge in [0, 0.05) is 27.0 Å². The molecule has 6 nitrogen and oxygen atoms in total. The second kappa shape index (κ2) is 7.33. The van der Waals surface area contributed by atoms with Gasteiger partial charge in [0.05, 0.1) is 5.69 Å². The lowest BCUT2D eigenvalue weighted by Crippen LogP contribution is -1.99. The lowest BCUT2D eigenvalue weighted by atomic mass is 10.0. The number of aromatic nitrogens is 5. The zero-order valence-corrected chi connectivity index (χ0v) is 16.0. The van der Waals surface area contributed by atoms with Crippen molar-refractivity contribution >= 4 is 33.9 Å². The van der Waals surface area contributed by atoms with Crippen molar-refractivity contribution in [1.29, 1.82) is 0 Å². The minimum atomic E-state index is 0.691. The zero-order chi connectivity index (χ0) is 19.6. The molecule has 140 valence electrons. The summed E-state index contributed by atoms with van der Waals surface area (Å²) in [7, 11) is 0. The Morgan fingerprint density at radius 1 is 0.793 bits per heavy atom. The minimum Gasteiger partial charge on any atom is -0.338 e. The molecule has 2 aromatic heterocycles. The van der Waals surface area contributed by atoms with E-state index in [1.807, 2.05) is 66.7 Å². The maximum absolute atomic E-state index is 5.98. The van der Waals surface area contributed by atoms with E-state index in [9.17, 15) is 0 Å². The van der Waals surface area contributed by atoms with Crippen molar-refractivity contribution in [2.24, 2.45) is 0 Å². The highest BCUT2D eigenvalue weighted by Gasteiger charge is 2.11. The van der Waals surface area contributed by atoms with Crippen LogP contribution >= 0.6 is 11.6 Å². The van der Waals surface area contributed by atoms with Crippen molar-refractivity contribution in [2.45, 2.75) is 0 Å². The summed E-state index contributed by atoms with van der Waals surface area (Å²) >= 11 is 5.98. The molecule has 0 saturated heterocycles. The number of nitrogens with one attached hydrogen (secondary N) is 1. The number of hydrogen-bond donors (Lipinski definition) is 1. The number of fused-ring (bicyclic) bond motifs is 1. The Morgan fingerprint density at radius 3 is 2.28 bits per heavy atom. The average molecular weight is 399 g/mol. The first kappa shape index (κ1) is 17.3. The van der Waals surface area contributed by atoms with Crippen LogP contribution in [-0.4, -0.2) is 25.0 Å². The number of rotatable bonds is 4. The minimum absolute atomic E-state index is 0.691. The highest BCUT2D eigenvalue weighted by Crippen LogP contribution is 2.31. The van der Waals surface area contributed by atoms with Crippen LogP contribution in [0.1, 0.15) is 0 Å². The maximum Gasteiger partial charge on any atom is 0.161 e. The summed E-state index contributed by atoms with van der Waals surface area (Å²) in [4.78, 5) is 3.98. The van der Waals surface area contributed by atoms with E-state index < -0.39 is 0 Å². The van der Waals surface area contributed by atoms with Gasteiger partial charge in [0.1, 0.15) is 18.3 Å². The van der Waals surface area contributed by atoms with E-state index in [4.69, 9.17) is 11.6 Å². The van der Waals surface area contributed by atoms with E-state index in [0.29, 0.717) is 10.8 Å². The number of anilines is 2. The van der Waals surface area contributed by atoms with E-state index in [1.165, 1.54) is 6.33 Å². The molecule has 0 aliphatic heterocycles. The van der Waals surface area contributed by atoms with Crippen LogP contribution in [0.5, 0.6) is 0 Å². The molecule has 1 N–H and O–H groups in total. The maximum atomic E-state index is 5.98. The number of hydrogen-bond acceptors (Lipinski definition) is 5. The summed E-state index contributed by atoms with van der Waals surface area (Å²) in [5.74, 6) is 0.700. The fraction of sp³-hybridized carbons (Fsp3) is 0. The first-order valence-electron chi connectivity index (χ1n) is 9.01. The molecule has 3 aromatic carbocycles. The van der Waals surface area contributed by atoms with Crippen molar-refractivity contribution < 1.29 is 0 Å². The highest BCUT2D eigenvalue weighted by atomic mass is 35.5. The first-order chi connectivity index (χ1) is 14.3. The molecule has 2 heterocycles. The first-order valence-corrected chi connectivity index (χ1v) is 9.39. The lowest BCUT2D eigenvalue weighted by molar-refractivity contribution is 0.879. The molecule has 29 heavy (non-hydrogen) atoms. The molecule has 7 heteroatoms. The van der Waals surface area contributed by atoms with Gasteiger partial charge in [0.2, 0.25) is 0 Å². The highest BCUT2D eigenvalue weighted by molar-refractivity contribution is 6.30. The summed E-state index contributed by atoms with van der Waals surface area (Å²) in [6.45, 7) is 0. The van der Waals surface area contributed by atoms with Crippen molar-refractivity contribution in [2.75, 3.05) is 5.32 Å². The van der Waals surface area contributed by atoms with Crippen LogP contribution in [0.15, 0.2) is 85.5 Å². The Bertz CT molecular complexity index is 1270. The number of nitrogens with zero attached hydrogens (tertiary/aromatic N) is 5. The second-order valence-electron chi connectivity index (χ2n) is 6.46. The molecule has 0 saturated carbocycles. The monoisotopic (exact) mass is 398 g/mol. The molecular formula is C22H15ClN6. The standard InChI is InChI=1S/C22H15ClN6/c23-16-7-9-17(10-8-16)26-22-20-4-2-1-3-19(20)21(27-28-22)15-5-11-18(12-6-15)29-14-24-13-25-29/h1-14H,(H,26,28). The van der Waals surface area contributed by atoms with E-state index in [2.05, 4.69) is 31.7 Å². The van der Waals surface area contributed by atoms with Crippen LogP contribution in [0.25, 0.3) is 27.7 Å². The van der Waals surface area contributed by atoms with Gasteiger partial charge in [-0.05, 0) is 36.4 Å². The molecule has 0 spiro atoms. The van der Waals surface area contributed by atoms with E-state index in [-0.39, 0.29) is 0 Å². The van der Waals surface area contributed by atoms with Crippen molar-refractivity contribution in [3.8, 4) is 16.9 Å². The smallest absolute Gasteiger partial charge is 0.161 e. The molecule has 0 amide bonds. The Morgan fingerprint density at radius 2 is 1.55 bits per heavy atom. The predicted octanol–water partition coefficient (Wildman–Crippen LogP) is 5.27. The SMILES string of the molecule is Clc1ccc(Nc2nnc(-c3ccc(-n4cncn4)cc3)c3ccccc23)cc1. The fourth-order valence-corrected chi connectivity index (χ4v) is 3.32. The van der Waals surface area contributed by atoms with Gasteiger partial charge >= 0.3 is 0 Å². The Balaban J connectivity index is 1.54. The van der Waals surface area contributed by atoms with Gasteiger partial charge in [-0.3, -0.25) is 0 Å². The summed E-state index contributed by atoms with van der Waals surface area (Å²) in [5.41, 5.74) is 3.64.